The highest BCUT2D eigenvalue weighted by atomic mass is 32.1. The number of likely N-dealkylation sites (tertiary alicyclic amines) is 1. The molecule has 0 unspecified atom stereocenters. The molecular weight excluding hydrogens is 363 g/mol. The van der Waals surface area contributed by atoms with Crippen molar-refractivity contribution in [3.8, 4) is 5.75 Å². The van der Waals surface area contributed by atoms with Crippen molar-refractivity contribution >= 4 is 34.1 Å². The van der Waals surface area contributed by atoms with Crippen molar-refractivity contribution < 1.29 is 9.13 Å². The summed E-state index contributed by atoms with van der Waals surface area (Å²) in [5, 5.41) is 4.02. The van der Waals surface area contributed by atoms with Crippen LogP contribution in [-0.4, -0.2) is 39.8 Å². The highest BCUT2D eigenvalue weighted by Gasteiger charge is 2.23. The van der Waals surface area contributed by atoms with Gasteiger partial charge in [-0.3, -0.25) is 0 Å². The van der Waals surface area contributed by atoms with Gasteiger partial charge in [0.2, 0.25) is 0 Å². The van der Waals surface area contributed by atoms with E-state index < -0.39 is 0 Å². The van der Waals surface area contributed by atoms with Gasteiger partial charge in [-0.2, -0.15) is 0 Å². The van der Waals surface area contributed by atoms with Crippen LogP contribution in [0.4, 0.5) is 10.1 Å². The van der Waals surface area contributed by atoms with Gasteiger partial charge in [0.05, 0.1) is 24.5 Å². The van der Waals surface area contributed by atoms with Gasteiger partial charge >= 0.3 is 0 Å². The van der Waals surface area contributed by atoms with Gasteiger partial charge in [0.25, 0.3) is 0 Å². The number of aromatic nitrogens is 2. The average Bonchev–Trinajstić information content (AvgIpc) is 3.11. The highest BCUT2D eigenvalue weighted by molar-refractivity contribution is 7.80. The number of hydrogen-bond donors (Lipinski definition) is 1. The summed E-state index contributed by atoms with van der Waals surface area (Å²) >= 11 is 5.57. The smallest absolute Gasteiger partial charge is 0.173 e. The van der Waals surface area contributed by atoms with E-state index >= 15 is 0 Å². The summed E-state index contributed by atoms with van der Waals surface area (Å²) in [6.45, 7) is 1.74. The Labute approximate surface area is 162 Å². The van der Waals surface area contributed by atoms with Crippen molar-refractivity contribution in [1.29, 1.82) is 0 Å². The molecular formula is C20H21FN4OS. The lowest BCUT2D eigenvalue weighted by Crippen LogP contribution is -2.41. The number of anilines is 1. The van der Waals surface area contributed by atoms with Crippen LogP contribution in [0.2, 0.25) is 0 Å². The van der Waals surface area contributed by atoms with E-state index in [0.29, 0.717) is 11.6 Å². The van der Waals surface area contributed by atoms with Crippen LogP contribution in [0, 0.1) is 5.82 Å². The molecule has 1 N–H and O–H groups in total. The van der Waals surface area contributed by atoms with E-state index in [1.165, 1.54) is 12.1 Å². The van der Waals surface area contributed by atoms with Crippen LogP contribution in [0.3, 0.4) is 0 Å². The SMILES string of the molecule is COc1ccc(NC(=S)N2CCC(n3cnc4cc(F)ccc43)CC2)cc1. The number of fused-ring (bicyclic) bond motifs is 1. The van der Waals surface area contributed by atoms with Crippen LogP contribution in [-0.2, 0) is 0 Å². The van der Waals surface area contributed by atoms with Crippen LogP contribution in [0.5, 0.6) is 5.75 Å². The second-order valence-electron chi connectivity index (χ2n) is 6.66. The number of piperidine rings is 1. The van der Waals surface area contributed by atoms with Gasteiger partial charge in [0, 0.05) is 30.9 Å². The number of benzene rings is 2. The lowest BCUT2D eigenvalue weighted by molar-refractivity contribution is 0.272. The van der Waals surface area contributed by atoms with Gasteiger partial charge < -0.3 is 19.5 Å². The van der Waals surface area contributed by atoms with E-state index in [1.54, 1.807) is 13.2 Å². The summed E-state index contributed by atoms with van der Waals surface area (Å²) in [7, 11) is 1.65. The van der Waals surface area contributed by atoms with Crippen LogP contribution < -0.4 is 10.1 Å². The second-order valence-corrected chi connectivity index (χ2v) is 7.05. The molecule has 140 valence electrons. The minimum atomic E-state index is -0.252. The zero-order valence-corrected chi connectivity index (χ0v) is 15.9. The number of nitrogens with zero attached hydrogens (tertiary/aromatic N) is 3. The third kappa shape index (κ3) is 3.73. The lowest BCUT2D eigenvalue weighted by Gasteiger charge is -2.34. The molecule has 7 heteroatoms. The van der Waals surface area contributed by atoms with Gasteiger partial charge in [-0.25, -0.2) is 9.37 Å². The zero-order chi connectivity index (χ0) is 18.8. The van der Waals surface area contributed by atoms with E-state index in [2.05, 4.69) is 19.8 Å². The van der Waals surface area contributed by atoms with Crippen molar-refractivity contribution in [3.63, 3.8) is 0 Å². The Morgan fingerprint density at radius 1 is 1.19 bits per heavy atom. The number of methoxy groups -OCH3 is 1. The van der Waals surface area contributed by atoms with E-state index in [4.69, 9.17) is 17.0 Å². The number of thiocarbonyl (C=S) groups is 1. The van der Waals surface area contributed by atoms with Crippen molar-refractivity contribution in [2.45, 2.75) is 18.9 Å². The molecule has 3 aromatic rings. The molecule has 0 amide bonds. The third-order valence-corrected chi connectivity index (χ3v) is 5.38. The molecule has 27 heavy (non-hydrogen) atoms. The Hall–Kier alpha value is -2.67. The first kappa shape index (κ1) is 17.7. The zero-order valence-electron chi connectivity index (χ0n) is 15.1. The maximum atomic E-state index is 13.4. The van der Waals surface area contributed by atoms with Gasteiger partial charge in [0.15, 0.2) is 5.11 Å². The van der Waals surface area contributed by atoms with E-state index in [-0.39, 0.29) is 5.82 Å². The first-order valence-corrected chi connectivity index (χ1v) is 9.37. The predicted molar refractivity (Wildman–Crippen MR) is 109 cm³/mol. The maximum absolute atomic E-state index is 13.4. The van der Waals surface area contributed by atoms with Crippen molar-refractivity contribution in [1.82, 2.24) is 14.5 Å². The molecule has 1 saturated heterocycles. The Morgan fingerprint density at radius 2 is 1.93 bits per heavy atom. The number of ether oxygens (including phenoxy) is 1. The van der Waals surface area contributed by atoms with Crippen LogP contribution in [0.15, 0.2) is 48.8 Å². The monoisotopic (exact) mass is 384 g/mol. The molecule has 1 aliphatic heterocycles. The molecule has 4 rings (SSSR count). The number of rotatable bonds is 3. The Kier molecular flexibility index (Phi) is 4.94. The molecule has 1 aromatic heterocycles. The van der Waals surface area contributed by atoms with Crippen molar-refractivity contribution in [3.05, 3.63) is 54.6 Å². The molecule has 0 radical (unpaired) electrons. The normalized spacial score (nSPS) is 15.1. The van der Waals surface area contributed by atoms with E-state index in [0.717, 1.165) is 48.0 Å². The molecule has 2 heterocycles. The van der Waals surface area contributed by atoms with Gasteiger partial charge in [-0.05, 0) is 61.5 Å². The molecule has 5 nitrogen and oxygen atoms in total. The molecule has 2 aromatic carbocycles. The maximum Gasteiger partial charge on any atom is 0.173 e. The van der Waals surface area contributed by atoms with Crippen LogP contribution >= 0.6 is 12.2 Å². The molecule has 0 bridgehead atoms. The number of nitrogens with one attached hydrogen (secondary N) is 1. The summed E-state index contributed by atoms with van der Waals surface area (Å²) < 4.78 is 20.7. The molecule has 0 aliphatic carbocycles. The standard InChI is InChI=1S/C20H21FN4OS/c1-26-17-5-3-15(4-6-17)23-20(27)24-10-8-16(9-11-24)25-13-22-18-12-14(21)2-7-19(18)25/h2-7,12-13,16H,8-11H2,1H3,(H,23,27). The first-order chi connectivity index (χ1) is 13.1. The predicted octanol–water partition coefficient (Wildman–Crippen LogP) is 4.22. The fourth-order valence-corrected chi connectivity index (χ4v) is 3.82. The summed E-state index contributed by atoms with van der Waals surface area (Å²) in [5.41, 5.74) is 2.63. The van der Waals surface area contributed by atoms with E-state index in [1.807, 2.05) is 30.6 Å². The third-order valence-electron chi connectivity index (χ3n) is 5.02. The lowest BCUT2D eigenvalue weighted by atomic mass is 10.0. The minimum absolute atomic E-state index is 0.252. The largest absolute Gasteiger partial charge is 0.497 e. The summed E-state index contributed by atoms with van der Waals surface area (Å²) in [6, 6.07) is 12.8. The fraction of sp³-hybridized carbons (Fsp3) is 0.300. The number of imidazole rings is 1. The molecule has 1 fully saturated rings. The second kappa shape index (κ2) is 7.52. The number of halogens is 1. The Balaban J connectivity index is 1.38. The van der Waals surface area contributed by atoms with Gasteiger partial charge in [-0.15, -0.1) is 0 Å². The molecule has 0 atom stereocenters. The van der Waals surface area contributed by atoms with Gasteiger partial charge in [-0.1, -0.05) is 0 Å². The summed E-state index contributed by atoms with van der Waals surface area (Å²) in [6.07, 6.45) is 3.75. The molecule has 1 aliphatic rings. The molecule has 0 saturated carbocycles. The van der Waals surface area contributed by atoms with Crippen molar-refractivity contribution in [2.24, 2.45) is 0 Å². The first-order valence-electron chi connectivity index (χ1n) is 8.96. The quantitative estimate of drug-likeness (QED) is 0.685. The van der Waals surface area contributed by atoms with Crippen molar-refractivity contribution in [2.75, 3.05) is 25.5 Å². The van der Waals surface area contributed by atoms with Crippen LogP contribution in [0.1, 0.15) is 18.9 Å². The summed E-state index contributed by atoms with van der Waals surface area (Å²) in [5.74, 6) is 0.567. The van der Waals surface area contributed by atoms with E-state index in [9.17, 15) is 4.39 Å². The van der Waals surface area contributed by atoms with Gasteiger partial charge in [0.1, 0.15) is 11.6 Å². The summed E-state index contributed by atoms with van der Waals surface area (Å²) in [4.78, 5) is 6.53. The highest BCUT2D eigenvalue weighted by Crippen LogP contribution is 2.27. The topological polar surface area (TPSA) is 42.3 Å². The molecule has 0 spiro atoms. The average molecular weight is 384 g/mol. The number of hydrogen-bond acceptors (Lipinski definition) is 3. The minimum Gasteiger partial charge on any atom is -0.497 e. The Morgan fingerprint density at radius 3 is 2.63 bits per heavy atom. The Bertz CT molecular complexity index is 948. The fourth-order valence-electron chi connectivity index (χ4n) is 3.52. The van der Waals surface area contributed by atoms with Crippen LogP contribution in [0.25, 0.3) is 11.0 Å².